The topological polar surface area (TPSA) is 65.1 Å². The first kappa shape index (κ1) is 5.37. The summed E-state index contributed by atoms with van der Waals surface area (Å²) in [6, 6.07) is 0. The molecule has 8 heavy (non-hydrogen) atoms. The second-order valence-electron chi connectivity index (χ2n) is 1.82. The Labute approximate surface area is 48.1 Å². The Balaban J connectivity index is 2.39. The molecule has 0 unspecified atom stereocenters. The summed E-state index contributed by atoms with van der Waals surface area (Å²) < 4.78 is 0. The summed E-state index contributed by atoms with van der Waals surface area (Å²) >= 11 is 0. The minimum Gasteiger partial charge on any atom is -0.355 e. The van der Waals surface area contributed by atoms with Gasteiger partial charge in [-0.25, -0.2) is 5.84 Å². The van der Waals surface area contributed by atoms with Crippen LogP contribution in [0.1, 0.15) is 6.42 Å². The van der Waals surface area contributed by atoms with E-state index in [1.165, 1.54) is 5.01 Å². The first-order valence-electron chi connectivity index (χ1n) is 2.65. The van der Waals surface area contributed by atoms with Crippen molar-refractivity contribution in [3.8, 4) is 0 Å². The monoisotopic (exact) mass is 114 g/mol. The third kappa shape index (κ3) is 0.894. The Morgan fingerprint density at radius 1 is 1.75 bits per heavy atom. The van der Waals surface area contributed by atoms with Crippen LogP contribution in [0.25, 0.3) is 0 Å². The van der Waals surface area contributed by atoms with E-state index in [-0.39, 0.29) is 0 Å². The molecular weight excluding hydrogens is 104 g/mol. The minimum atomic E-state index is 0.330. The molecule has 1 aliphatic heterocycles. The van der Waals surface area contributed by atoms with Crippen molar-refractivity contribution in [1.82, 2.24) is 10.3 Å². The van der Waals surface area contributed by atoms with E-state index in [0.29, 0.717) is 5.96 Å². The smallest absolute Gasteiger partial charge is 0.205 e. The lowest BCUT2D eigenvalue weighted by Crippen LogP contribution is -2.50. The van der Waals surface area contributed by atoms with Crippen molar-refractivity contribution in [2.75, 3.05) is 13.1 Å². The Morgan fingerprint density at radius 3 is 2.88 bits per heavy atom. The van der Waals surface area contributed by atoms with Crippen LogP contribution < -0.4 is 11.2 Å². The highest BCUT2D eigenvalue weighted by atomic mass is 15.5. The summed E-state index contributed by atoms with van der Waals surface area (Å²) in [5.41, 5.74) is 0. The van der Waals surface area contributed by atoms with E-state index in [9.17, 15) is 0 Å². The van der Waals surface area contributed by atoms with Crippen molar-refractivity contribution in [2.24, 2.45) is 5.84 Å². The number of nitrogens with two attached hydrogens (primary N) is 1. The summed E-state index contributed by atoms with van der Waals surface area (Å²) in [5.74, 6) is 5.65. The molecule has 46 valence electrons. The molecule has 0 amide bonds. The van der Waals surface area contributed by atoms with Gasteiger partial charge >= 0.3 is 0 Å². The predicted molar refractivity (Wildman–Crippen MR) is 31.2 cm³/mol. The number of guanidine groups is 1. The maximum Gasteiger partial charge on any atom is 0.205 e. The van der Waals surface area contributed by atoms with Gasteiger partial charge in [0.2, 0.25) is 5.96 Å². The zero-order valence-corrected chi connectivity index (χ0v) is 4.65. The summed E-state index contributed by atoms with van der Waals surface area (Å²) in [6.45, 7) is 1.68. The first-order valence-corrected chi connectivity index (χ1v) is 2.65. The van der Waals surface area contributed by atoms with Crippen molar-refractivity contribution in [1.29, 1.82) is 5.41 Å². The molecule has 4 heteroatoms. The van der Waals surface area contributed by atoms with Gasteiger partial charge in [-0.15, -0.1) is 0 Å². The molecule has 0 radical (unpaired) electrons. The molecule has 1 fully saturated rings. The van der Waals surface area contributed by atoms with Crippen molar-refractivity contribution in [3.05, 3.63) is 0 Å². The average Bonchev–Trinajstić information content (AvgIpc) is 1.77. The summed E-state index contributed by atoms with van der Waals surface area (Å²) in [4.78, 5) is 0. The highest BCUT2D eigenvalue weighted by molar-refractivity contribution is 5.76. The number of hydrogen-bond acceptors (Lipinski definition) is 2. The van der Waals surface area contributed by atoms with Crippen molar-refractivity contribution >= 4 is 5.96 Å². The Hall–Kier alpha value is -0.770. The van der Waals surface area contributed by atoms with Gasteiger partial charge < -0.3 is 5.32 Å². The molecule has 0 spiro atoms. The molecule has 0 aliphatic carbocycles. The van der Waals surface area contributed by atoms with Crippen molar-refractivity contribution in [3.63, 3.8) is 0 Å². The lowest BCUT2D eigenvalue weighted by molar-refractivity contribution is 0.378. The van der Waals surface area contributed by atoms with E-state index in [0.717, 1.165) is 19.5 Å². The van der Waals surface area contributed by atoms with E-state index in [1.54, 1.807) is 0 Å². The summed E-state index contributed by atoms with van der Waals surface area (Å²) in [5, 5.41) is 11.3. The predicted octanol–water partition coefficient (Wildman–Crippen LogP) is -0.910. The van der Waals surface area contributed by atoms with E-state index >= 15 is 0 Å². The zero-order valence-electron chi connectivity index (χ0n) is 4.65. The van der Waals surface area contributed by atoms with Gasteiger partial charge in [-0.2, -0.15) is 0 Å². The number of nitrogens with zero attached hydrogens (tertiary/aromatic N) is 1. The molecule has 1 aliphatic rings. The Kier molecular flexibility index (Phi) is 1.34. The van der Waals surface area contributed by atoms with Crippen LogP contribution in [0.15, 0.2) is 0 Å². The van der Waals surface area contributed by atoms with Gasteiger partial charge in [0.15, 0.2) is 0 Å². The van der Waals surface area contributed by atoms with Crippen LogP contribution in [0.5, 0.6) is 0 Å². The zero-order chi connectivity index (χ0) is 5.98. The van der Waals surface area contributed by atoms with Crippen LogP contribution >= 0.6 is 0 Å². The second kappa shape index (κ2) is 2.00. The highest BCUT2D eigenvalue weighted by Gasteiger charge is 2.07. The van der Waals surface area contributed by atoms with E-state index in [2.05, 4.69) is 5.32 Å². The maximum absolute atomic E-state index is 7.08. The lowest BCUT2D eigenvalue weighted by Gasteiger charge is -2.24. The summed E-state index contributed by atoms with van der Waals surface area (Å²) in [6.07, 6.45) is 1.03. The molecule has 1 heterocycles. The van der Waals surface area contributed by atoms with Crippen molar-refractivity contribution in [2.45, 2.75) is 6.42 Å². The molecular formula is C4H10N4. The van der Waals surface area contributed by atoms with Crippen LogP contribution in [-0.4, -0.2) is 24.1 Å². The quantitative estimate of drug-likeness (QED) is 0.357. The van der Waals surface area contributed by atoms with Crippen LogP contribution in [0.4, 0.5) is 0 Å². The fourth-order valence-corrected chi connectivity index (χ4v) is 0.670. The first-order chi connectivity index (χ1) is 3.80. The fraction of sp³-hybridized carbons (Fsp3) is 0.750. The lowest BCUT2D eigenvalue weighted by atomic mass is 10.4. The standard InChI is InChI=1S/C4H10N4/c5-4-7-2-1-3-8(4)6/h1-3,6H2,(H2,5,7). The average molecular weight is 114 g/mol. The van der Waals surface area contributed by atoms with Crippen LogP contribution in [0.2, 0.25) is 0 Å². The van der Waals surface area contributed by atoms with Gasteiger partial charge in [-0.3, -0.25) is 10.4 Å². The van der Waals surface area contributed by atoms with Gasteiger partial charge in [-0.05, 0) is 6.42 Å². The van der Waals surface area contributed by atoms with Crippen molar-refractivity contribution < 1.29 is 0 Å². The number of nitrogens with one attached hydrogen (secondary N) is 2. The fourth-order valence-electron chi connectivity index (χ4n) is 0.670. The third-order valence-electron chi connectivity index (χ3n) is 1.16. The molecule has 0 atom stereocenters. The largest absolute Gasteiger partial charge is 0.355 e. The number of hydrogen-bond donors (Lipinski definition) is 3. The van der Waals surface area contributed by atoms with E-state index < -0.39 is 0 Å². The minimum absolute atomic E-state index is 0.330. The number of rotatable bonds is 0. The molecule has 0 aromatic rings. The third-order valence-corrected chi connectivity index (χ3v) is 1.16. The molecule has 4 nitrogen and oxygen atoms in total. The molecule has 0 saturated carbocycles. The Bertz CT molecular complexity index is 100. The number of hydrazine groups is 1. The van der Waals surface area contributed by atoms with Gasteiger partial charge in [0.05, 0.1) is 0 Å². The molecule has 1 rings (SSSR count). The Morgan fingerprint density at radius 2 is 2.50 bits per heavy atom. The molecule has 0 aromatic carbocycles. The second-order valence-corrected chi connectivity index (χ2v) is 1.82. The van der Waals surface area contributed by atoms with E-state index in [4.69, 9.17) is 11.3 Å². The van der Waals surface area contributed by atoms with Crippen LogP contribution in [0, 0.1) is 5.41 Å². The normalized spacial score (nSPS) is 20.6. The van der Waals surface area contributed by atoms with Gasteiger partial charge in [-0.1, -0.05) is 0 Å². The maximum atomic E-state index is 7.08. The van der Waals surface area contributed by atoms with Gasteiger partial charge in [0, 0.05) is 13.1 Å². The SMILES string of the molecule is N=C1NCCCN1N. The highest BCUT2D eigenvalue weighted by Crippen LogP contribution is 1.88. The molecule has 0 aromatic heterocycles. The summed E-state index contributed by atoms with van der Waals surface area (Å²) in [7, 11) is 0. The van der Waals surface area contributed by atoms with E-state index in [1.807, 2.05) is 0 Å². The molecule has 1 saturated heterocycles. The molecule has 0 bridgehead atoms. The van der Waals surface area contributed by atoms with Crippen LogP contribution in [0.3, 0.4) is 0 Å². The van der Waals surface area contributed by atoms with Crippen LogP contribution in [-0.2, 0) is 0 Å². The molecule has 4 N–H and O–H groups in total. The van der Waals surface area contributed by atoms with Gasteiger partial charge in [0.1, 0.15) is 0 Å². The van der Waals surface area contributed by atoms with Gasteiger partial charge in [0.25, 0.3) is 0 Å².